The number of rotatable bonds is 5. The lowest BCUT2D eigenvalue weighted by Crippen LogP contribution is -2.18. The van der Waals surface area contributed by atoms with Crippen LogP contribution in [-0.2, 0) is 9.53 Å². The van der Waals surface area contributed by atoms with Crippen LogP contribution in [0, 0.1) is 0 Å². The van der Waals surface area contributed by atoms with Crippen molar-refractivity contribution in [3.05, 3.63) is 30.0 Å². The third kappa shape index (κ3) is 3.16. The Morgan fingerprint density at radius 1 is 1.30 bits per heavy atom. The van der Waals surface area contributed by atoms with Crippen LogP contribution in [0.1, 0.15) is 17.0 Å². The highest BCUT2D eigenvalue weighted by Gasteiger charge is 2.12. The standard InChI is InChI=1S/C14H16N2O4/c1-15-6-5-13(17)16-10-3-4-11-9(7-10)8-12(20-11)14(18)19-2/h3-4,7-8,15H,5-6H2,1-2H3,(H,16,17). The predicted octanol–water partition coefficient (Wildman–Crippen LogP) is 1.77. The largest absolute Gasteiger partial charge is 0.463 e. The van der Waals surface area contributed by atoms with Crippen LogP contribution in [0.3, 0.4) is 0 Å². The summed E-state index contributed by atoms with van der Waals surface area (Å²) in [6.45, 7) is 0.617. The molecule has 6 heteroatoms. The predicted molar refractivity (Wildman–Crippen MR) is 74.7 cm³/mol. The number of anilines is 1. The average molecular weight is 276 g/mol. The lowest BCUT2D eigenvalue weighted by molar-refractivity contribution is -0.116. The molecule has 106 valence electrons. The van der Waals surface area contributed by atoms with Crippen LogP contribution in [0.4, 0.5) is 5.69 Å². The van der Waals surface area contributed by atoms with Crippen molar-refractivity contribution >= 4 is 28.5 Å². The number of fused-ring (bicyclic) bond motifs is 1. The average Bonchev–Trinajstić information content (AvgIpc) is 2.87. The summed E-state index contributed by atoms with van der Waals surface area (Å²) in [6.07, 6.45) is 0.396. The molecule has 1 aromatic heterocycles. The van der Waals surface area contributed by atoms with Crippen molar-refractivity contribution in [3.8, 4) is 0 Å². The molecule has 1 amide bonds. The Morgan fingerprint density at radius 2 is 2.10 bits per heavy atom. The molecule has 0 aliphatic rings. The molecule has 0 atom stereocenters. The molecule has 2 rings (SSSR count). The van der Waals surface area contributed by atoms with Gasteiger partial charge in [-0.25, -0.2) is 4.79 Å². The van der Waals surface area contributed by atoms with Crippen molar-refractivity contribution in [2.45, 2.75) is 6.42 Å². The van der Waals surface area contributed by atoms with Gasteiger partial charge in [-0.1, -0.05) is 0 Å². The van der Waals surface area contributed by atoms with Crippen molar-refractivity contribution in [2.75, 3.05) is 26.0 Å². The van der Waals surface area contributed by atoms with Gasteiger partial charge in [-0.3, -0.25) is 4.79 Å². The summed E-state index contributed by atoms with van der Waals surface area (Å²) in [4.78, 5) is 23.0. The van der Waals surface area contributed by atoms with Crippen LogP contribution in [0.25, 0.3) is 11.0 Å². The van der Waals surface area contributed by atoms with Crippen LogP contribution >= 0.6 is 0 Å². The third-order valence-electron chi connectivity index (χ3n) is 2.79. The van der Waals surface area contributed by atoms with Gasteiger partial charge >= 0.3 is 5.97 Å². The van der Waals surface area contributed by atoms with Crippen LogP contribution in [0.15, 0.2) is 28.7 Å². The van der Waals surface area contributed by atoms with E-state index >= 15 is 0 Å². The van der Waals surface area contributed by atoms with Gasteiger partial charge in [-0.15, -0.1) is 0 Å². The first kappa shape index (κ1) is 14.1. The third-order valence-corrected chi connectivity index (χ3v) is 2.79. The molecular formula is C14H16N2O4. The van der Waals surface area contributed by atoms with E-state index in [1.165, 1.54) is 7.11 Å². The normalized spacial score (nSPS) is 10.5. The second kappa shape index (κ2) is 6.21. The van der Waals surface area contributed by atoms with E-state index in [4.69, 9.17) is 4.42 Å². The molecule has 0 saturated heterocycles. The van der Waals surface area contributed by atoms with E-state index in [0.29, 0.717) is 24.2 Å². The minimum Gasteiger partial charge on any atom is -0.463 e. The maximum absolute atomic E-state index is 11.6. The number of carbonyl (C=O) groups is 2. The van der Waals surface area contributed by atoms with E-state index in [1.54, 1.807) is 31.3 Å². The SMILES string of the molecule is CNCCC(=O)Nc1ccc2oc(C(=O)OC)cc2c1. The van der Waals surface area contributed by atoms with E-state index in [9.17, 15) is 9.59 Å². The van der Waals surface area contributed by atoms with E-state index in [-0.39, 0.29) is 11.7 Å². The molecule has 0 bridgehead atoms. The maximum Gasteiger partial charge on any atom is 0.373 e. The number of nitrogens with one attached hydrogen (secondary N) is 2. The maximum atomic E-state index is 11.6. The smallest absolute Gasteiger partial charge is 0.373 e. The molecule has 0 spiro atoms. The Hall–Kier alpha value is -2.34. The van der Waals surface area contributed by atoms with Crippen molar-refractivity contribution in [1.82, 2.24) is 5.32 Å². The zero-order valence-corrected chi connectivity index (χ0v) is 11.4. The Morgan fingerprint density at radius 3 is 2.80 bits per heavy atom. The number of carbonyl (C=O) groups excluding carboxylic acids is 2. The summed E-state index contributed by atoms with van der Waals surface area (Å²) in [5.41, 5.74) is 1.23. The molecule has 0 unspecified atom stereocenters. The van der Waals surface area contributed by atoms with Gasteiger partial charge in [-0.2, -0.15) is 0 Å². The number of furan rings is 1. The minimum absolute atomic E-state index is 0.0737. The number of ether oxygens (including phenoxy) is 1. The van der Waals surface area contributed by atoms with Gasteiger partial charge in [0.2, 0.25) is 11.7 Å². The highest BCUT2D eigenvalue weighted by atomic mass is 16.5. The molecule has 1 heterocycles. The Labute approximate surface area is 116 Å². The number of hydrogen-bond donors (Lipinski definition) is 2. The lowest BCUT2D eigenvalue weighted by atomic mass is 10.2. The second-order valence-corrected chi connectivity index (χ2v) is 4.26. The van der Waals surface area contributed by atoms with Gasteiger partial charge in [0.05, 0.1) is 7.11 Å². The number of esters is 1. The molecule has 0 aliphatic heterocycles. The zero-order valence-electron chi connectivity index (χ0n) is 11.4. The molecule has 0 saturated carbocycles. The number of methoxy groups -OCH3 is 1. The first-order valence-corrected chi connectivity index (χ1v) is 6.20. The molecule has 0 aliphatic carbocycles. The van der Waals surface area contributed by atoms with E-state index in [0.717, 1.165) is 5.39 Å². The Kier molecular flexibility index (Phi) is 4.37. The van der Waals surface area contributed by atoms with Gasteiger partial charge in [0, 0.05) is 24.0 Å². The zero-order chi connectivity index (χ0) is 14.5. The lowest BCUT2D eigenvalue weighted by Gasteiger charge is -2.04. The molecule has 2 aromatic rings. The minimum atomic E-state index is -0.527. The monoisotopic (exact) mass is 276 g/mol. The molecule has 0 radical (unpaired) electrons. The van der Waals surface area contributed by atoms with Gasteiger partial charge in [0.25, 0.3) is 0 Å². The highest BCUT2D eigenvalue weighted by Crippen LogP contribution is 2.23. The first-order chi connectivity index (χ1) is 9.63. The quantitative estimate of drug-likeness (QED) is 0.813. The van der Waals surface area contributed by atoms with Crippen molar-refractivity contribution in [2.24, 2.45) is 0 Å². The summed E-state index contributed by atoms with van der Waals surface area (Å²) in [5, 5.41) is 6.43. The topological polar surface area (TPSA) is 80.6 Å². The van der Waals surface area contributed by atoms with Crippen LogP contribution in [0.2, 0.25) is 0 Å². The van der Waals surface area contributed by atoms with Gasteiger partial charge in [0.1, 0.15) is 5.58 Å². The Bertz CT molecular complexity index is 633. The fourth-order valence-corrected chi connectivity index (χ4v) is 1.78. The molecule has 2 N–H and O–H groups in total. The summed E-state index contributed by atoms with van der Waals surface area (Å²) in [6, 6.07) is 6.77. The molecule has 0 fully saturated rings. The molecule has 6 nitrogen and oxygen atoms in total. The fraction of sp³-hybridized carbons (Fsp3) is 0.286. The van der Waals surface area contributed by atoms with E-state index in [2.05, 4.69) is 15.4 Å². The van der Waals surface area contributed by atoms with Crippen molar-refractivity contribution in [3.63, 3.8) is 0 Å². The van der Waals surface area contributed by atoms with E-state index in [1.807, 2.05) is 0 Å². The van der Waals surface area contributed by atoms with Crippen LogP contribution in [-0.4, -0.2) is 32.6 Å². The van der Waals surface area contributed by atoms with Gasteiger partial charge in [-0.05, 0) is 31.3 Å². The fourth-order valence-electron chi connectivity index (χ4n) is 1.78. The van der Waals surface area contributed by atoms with Crippen molar-refractivity contribution < 1.29 is 18.7 Å². The van der Waals surface area contributed by atoms with Gasteiger partial charge in [0.15, 0.2) is 0 Å². The first-order valence-electron chi connectivity index (χ1n) is 6.20. The number of benzene rings is 1. The number of hydrogen-bond acceptors (Lipinski definition) is 5. The molecular weight excluding hydrogens is 260 g/mol. The second-order valence-electron chi connectivity index (χ2n) is 4.26. The van der Waals surface area contributed by atoms with Crippen molar-refractivity contribution in [1.29, 1.82) is 0 Å². The summed E-state index contributed by atoms with van der Waals surface area (Å²) in [7, 11) is 3.09. The molecule has 20 heavy (non-hydrogen) atoms. The van der Waals surface area contributed by atoms with Crippen LogP contribution < -0.4 is 10.6 Å². The summed E-state index contributed by atoms with van der Waals surface area (Å²) >= 11 is 0. The van der Waals surface area contributed by atoms with Crippen LogP contribution in [0.5, 0.6) is 0 Å². The number of amides is 1. The summed E-state index contributed by atoms with van der Waals surface area (Å²) in [5.74, 6) is -0.461. The van der Waals surface area contributed by atoms with E-state index < -0.39 is 5.97 Å². The van der Waals surface area contributed by atoms with Gasteiger partial charge < -0.3 is 19.8 Å². The Balaban J connectivity index is 2.16. The summed E-state index contributed by atoms with van der Waals surface area (Å²) < 4.78 is 9.94. The molecule has 1 aromatic carbocycles. The highest BCUT2D eigenvalue weighted by molar-refractivity contribution is 5.96.